The number of aromatic hydroxyl groups is 1. The molecule has 1 N–H and O–H groups in total. The van der Waals surface area contributed by atoms with E-state index in [9.17, 15) is 9.90 Å². The molecule has 1 aromatic heterocycles. The van der Waals surface area contributed by atoms with Gasteiger partial charge in [-0.2, -0.15) is 0 Å². The molecule has 0 aromatic carbocycles. The molecule has 0 aliphatic carbocycles. The maximum absolute atomic E-state index is 11.8. The fourth-order valence-electron chi connectivity index (χ4n) is 3.71. The second kappa shape index (κ2) is 9.10. The summed E-state index contributed by atoms with van der Waals surface area (Å²) in [6, 6.07) is 0. The molecule has 0 saturated heterocycles. The van der Waals surface area contributed by atoms with E-state index in [4.69, 9.17) is 4.42 Å². The lowest BCUT2D eigenvalue weighted by atomic mass is 9.87. The predicted molar refractivity (Wildman–Crippen MR) is 101 cm³/mol. The Bertz CT molecular complexity index is 625. The van der Waals surface area contributed by atoms with Gasteiger partial charge in [0, 0.05) is 5.56 Å². The molecule has 0 aliphatic rings. The molecule has 0 unspecified atom stereocenters. The van der Waals surface area contributed by atoms with Crippen LogP contribution in [0, 0.1) is 31.6 Å². The van der Waals surface area contributed by atoms with Crippen LogP contribution in [0.15, 0.2) is 15.3 Å². The zero-order chi connectivity index (χ0) is 18.4. The average Bonchev–Trinajstić information content (AvgIpc) is 2.48. The Kier molecular flexibility index (Phi) is 7.78. The van der Waals surface area contributed by atoms with Gasteiger partial charge in [-0.3, -0.25) is 0 Å². The summed E-state index contributed by atoms with van der Waals surface area (Å²) in [4.78, 5) is 11.8. The molecular weight excluding hydrogens is 300 g/mol. The molecule has 0 radical (unpaired) electrons. The van der Waals surface area contributed by atoms with Gasteiger partial charge in [0.15, 0.2) is 0 Å². The number of hydrogen-bond acceptors (Lipinski definition) is 3. The first-order chi connectivity index (χ1) is 11.2. The Morgan fingerprint density at radius 2 is 1.75 bits per heavy atom. The van der Waals surface area contributed by atoms with E-state index in [-0.39, 0.29) is 11.3 Å². The molecule has 0 amide bonds. The molecule has 1 heterocycles. The second-order valence-corrected chi connectivity index (χ2v) is 7.61. The van der Waals surface area contributed by atoms with E-state index >= 15 is 0 Å². The summed E-state index contributed by atoms with van der Waals surface area (Å²) >= 11 is 0. The third kappa shape index (κ3) is 5.54. The quantitative estimate of drug-likeness (QED) is 0.648. The fraction of sp³-hybridized carbons (Fsp3) is 0.667. The van der Waals surface area contributed by atoms with E-state index in [2.05, 4.69) is 33.8 Å². The SMILES string of the molecule is CCC[C@H](C)C[C@H](C)C[C@H](C)/C=C(/C)c1oc(=O)c(C)c(O)c1C. The normalized spacial score (nSPS) is 16.0. The van der Waals surface area contributed by atoms with Gasteiger partial charge in [-0.15, -0.1) is 0 Å². The highest BCUT2D eigenvalue weighted by atomic mass is 16.4. The van der Waals surface area contributed by atoms with Crippen molar-refractivity contribution in [3.63, 3.8) is 0 Å². The first kappa shape index (κ1) is 20.5. The van der Waals surface area contributed by atoms with Crippen molar-refractivity contribution in [2.24, 2.45) is 17.8 Å². The maximum Gasteiger partial charge on any atom is 0.342 e. The van der Waals surface area contributed by atoms with Crippen LogP contribution in [0.2, 0.25) is 0 Å². The molecule has 1 rings (SSSR count). The first-order valence-electron chi connectivity index (χ1n) is 9.19. The van der Waals surface area contributed by atoms with Crippen LogP contribution in [-0.2, 0) is 0 Å². The Hall–Kier alpha value is -1.51. The van der Waals surface area contributed by atoms with Crippen molar-refractivity contribution in [2.75, 3.05) is 0 Å². The number of allylic oxidation sites excluding steroid dienone is 2. The summed E-state index contributed by atoms with van der Waals surface area (Å²) in [5, 5.41) is 10.1. The lowest BCUT2D eigenvalue weighted by molar-refractivity contribution is 0.353. The third-order valence-electron chi connectivity index (χ3n) is 4.80. The van der Waals surface area contributed by atoms with E-state index in [0.29, 0.717) is 23.2 Å². The number of hydrogen-bond donors (Lipinski definition) is 1. The topological polar surface area (TPSA) is 50.4 Å². The van der Waals surface area contributed by atoms with Gasteiger partial charge in [0.2, 0.25) is 0 Å². The van der Waals surface area contributed by atoms with Gasteiger partial charge in [0.1, 0.15) is 11.5 Å². The molecule has 0 bridgehead atoms. The van der Waals surface area contributed by atoms with Crippen LogP contribution in [0.5, 0.6) is 5.75 Å². The fourth-order valence-corrected chi connectivity index (χ4v) is 3.71. The van der Waals surface area contributed by atoms with Gasteiger partial charge in [-0.1, -0.05) is 46.6 Å². The molecule has 3 atom stereocenters. The molecule has 24 heavy (non-hydrogen) atoms. The lowest BCUT2D eigenvalue weighted by Crippen LogP contribution is -2.08. The summed E-state index contributed by atoms with van der Waals surface area (Å²) in [5.41, 5.74) is 1.37. The van der Waals surface area contributed by atoms with Crippen LogP contribution in [0.1, 0.15) is 77.2 Å². The maximum atomic E-state index is 11.8. The smallest absolute Gasteiger partial charge is 0.342 e. The predicted octanol–water partition coefficient (Wildman–Crippen LogP) is 5.85. The van der Waals surface area contributed by atoms with Crippen LogP contribution in [-0.4, -0.2) is 5.11 Å². The Morgan fingerprint density at radius 1 is 1.12 bits per heavy atom. The molecule has 3 heteroatoms. The molecule has 0 spiro atoms. The van der Waals surface area contributed by atoms with E-state index in [1.807, 2.05) is 6.92 Å². The van der Waals surface area contributed by atoms with Gasteiger partial charge in [0.05, 0.1) is 5.56 Å². The highest BCUT2D eigenvalue weighted by Gasteiger charge is 2.16. The van der Waals surface area contributed by atoms with E-state index in [1.54, 1.807) is 13.8 Å². The monoisotopic (exact) mass is 334 g/mol. The van der Waals surface area contributed by atoms with Gasteiger partial charge in [0.25, 0.3) is 0 Å². The van der Waals surface area contributed by atoms with E-state index < -0.39 is 5.63 Å². The van der Waals surface area contributed by atoms with Crippen molar-refractivity contribution in [2.45, 2.75) is 74.1 Å². The Morgan fingerprint density at radius 3 is 2.33 bits per heavy atom. The summed E-state index contributed by atoms with van der Waals surface area (Å²) in [7, 11) is 0. The molecule has 0 fully saturated rings. The highest BCUT2D eigenvalue weighted by Crippen LogP contribution is 2.29. The Balaban J connectivity index is 2.84. The van der Waals surface area contributed by atoms with Crippen molar-refractivity contribution in [1.82, 2.24) is 0 Å². The minimum absolute atomic E-state index is 0.0448. The van der Waals surface area contributed by atoms with Crippen molar-refractivity contribution >= 4 is 5.57 Å². The zero-order valence-electron chi connectivity index (χ0n) is 16.4. The Labute approximate surface area is 146 Å². The van der Waals surface area contributed by atoms with Gasteiger partial charge in [-0.25, -0.2) is 4.79 Å². The van der Waals surface area contributed by atoms with E-state index in [0.717, 1.165) is 17.9 Å². The first-order valence-corrected chi connectivity index (χ1v) is 9.19. The minimum atomic E-state index is -0.463. The molecule has 136 valence electrons. The standard InChI is InChI=1S/C21H34O3/c1-8-9-13(2)10-14(3)11-15(4)12-16(5)20-17(6)19(22)18(7)21(23)24-20/h12-15,22H,8-11H2,1-7H3/b16-12-/t13-,14-,15-/m0/s1. The van der Waals surface area contributed by atoms with Crippen LogP contribution >= 0.6 is 0 Å². The van der Waals surface area contributed by atoms with Gasteiger partial charge in [-0.05, 0) is 56.9 Å². The largest absolute Gasteiger partial charge is 0.507 e. The van der Waals surface area contributed by atoms with Crippen LogP contribution in [0.3, 0.4) is 0 Å². The summed E-state index contributed by atoms with van der Waals surface area (Å²) < 4.78 is 5.40. The number of rotatable bonds is 8. The minimum Gasteiger partial charge on any atom is -0.507 e. The van der Waals surface area contributed by atoms with Crippen molar-refractivity contribution in [3.8, 4) is 5.75 Å². The molecular formula is C21H34O3. The zero-order valence-corrected chi connectivity index (χ0v) is 16.4. The molecule has 1 aromatic rings. The summed E-state index contributed by atoms with van der Waals surface area (Å²) in [5.74, 6) is 2.40. The lowest BCUT2D eigenvalue weighted by Gasteiger charge is -2.19. The summed E-state index contributed by atoms with van der Waals surface area (Å²) in [6.45, 7) is 14.4. The molecule has 0 aliphatic heterocycles. The van der Waals surface area contributed by atoms with Crippen molar-refractivity contribution in [3.05, 3.63) is 33.4 Å². The highest BCUT2D eigenvalue weighted by molar-refractivity contribution is 5.64. The summed E-state index contributed by atoms with van der Waals surface area (Å²) in [6.07, 6.45) is 7.07. The van der Waals surface area contributed by atoms with Crippen molar-refractivity contribution < 1.29 is 9.52 Å². The molecule has 0 saturated carbocycles. The third-order valence-corrected chi connectivity index (χ3v) is 4.80. The van der Waals surface area contributed by atoms with Crippen LogP contribution in [0.25, 0.3) is 5.57 Å². The van der Waals surface area contributed by atoms with E-state index in [1.165, 1.54) is 19.3 Å². The van der Waals surface area contributed by atoms with Crippen LogP contribution in [0.4, 0.5) is 0 Å². The van der Waals surface area contributed by atoms with Gasteiger partial charge >= 0.3 is 5.63 Å². The average molecular weight is 335 g/mol. The van der Waals surface area contributed by atoms with Gasteiger partial charge < -0.3 is 9.52 Å². The second-order valence-electron chi connectivity index (χ2n) is 7.61. The van der Waals surface area contributed by atoms with Crippen molar-refractivity contribution in [1.29, 1.82) is 0 Å². The van der Waals surface area contributed by atoms with Crippen LogP contribution < -0.4 is 5.63 Å². The molecule has 3 nitrogen and oxygen atoms in total.